The van der Waals surface area contributed by atoms with Crippen LogP contribution in [-0.4, -0.2) is 22.7 Å². The van der Waals surface area contributed by atoms with Crippen LogP contribution in [-0.2, 0) is 6.61 Å². The average Bonchev–Trinajstić information content (AvgIpc) is 3.10. The monoisotopic (exact) mass is 254 g/mol. The summed E-state index contributed by atoms with van der Waals surface area (Å²) in [6.07, 6.45) is 4.28. The quantitative estimate of drug-likeness (QED) is 0.878. The molecule has 1 aliphatic rings. The van der Waals surface area contributed by atoms with Gasteiger partial charge in [0.05, 0.1) is 11.6 Å². The molecule has 0 unspecified atom stereocenters. The number of pyridine rings is 1. The molecule has 0 aromatic carbocycles. The van der Waals surface area contributed by atoms with Crippen molar-refractivity contribution in [3.8, 4) is 0 Å². The van der Waals surface area contributed by atoms with Gasteiger partial charge >= 0.3 is 0 Å². The number of hydrogen-bond acceptors (Lipinski definition) is 3. The van der Waals surface area contributed by atoms with Crippen molar-refractivity contribution in [1.82, 2.24) is 4.98 Å². The second-order valence-corrected chi connectivity index (χ2v) is 5.39. The van der Waals surface area contributed by atoms with Gasteiger partial charge in [-0.2, -0.15) is 0 Å². The zero-order valence-electron chi connectivity index (χ0n) is 10.4. The minimum Gasteiger partial charge on any atom is -0.392 e. The maximum atomic E-state index is 9.23. The first kappa shape index (κ1) is 12.7. The summed E-state index contributed by atoms with van der Waals surface area (Å²) in [6, 6.07) is 2.31. The van der Waals surface area contributed by atoms with Crippen molar-refractivity contribution in [2.24, 2.45) is 5.92 Å². The number of rotatable bonds is 5. The summed E-state index contributed by atoms with van der Waals surface area (Å²) in [5.41, 5.74) is 0.748. The van der Waals surface area contributed by atoms with E-state index in [1.54, 1.807) is 6.20 Å². The SMILES string of the molecule is CC(C)N(CC1CC1)c1cc(CO)c(Cl)cn1. The predicted molar refractivity (Wildman–Crippen MR) is 70.4 cm³/mol. The summed E-state index contributed by atoms with van der Waals surface area (Å²) in [6.45, 7) is 5.34. The molecule has 0 atom stereocenters. The Hall–Kier alpha value is -0.800. The Labute approximate surface area is 107 Å². The fourth-order valence-corrected chi connectivity index (χ4v) is 2.06. The molecule has 1 fully saturated rings. The molecule has 3 nitrogen and oxygen atoms in total. The molecule has 1 aromatic rings. The molecular formula is C13H19ClN2O. The Morgan fingerprint density at radius 1 is 1.53 bits per heavy atom. The van der Waals surface area contributed by atoms with Gasteiger partial charge in [-0.1, -0.05) is 11.6 Å². The van der Waals surface area contributed by atoms with Crippen molar-refractivity contribution >= 4 is 17.4 Å². The molecule has 0 amide bonds. The third-order valence-corrected chi connectivity index (χ3v) is 3.50. The van der Waals surface area contributed by atoms with Gasteiger partial charge in [0.2, 0.25) is 0 Å². The van der Waals surface area contributed by atoms with Crippen LogP contribution in [0.15, 0.2) is 12.3 Å². The molecule has 0 bridgehead atoms. The Morgan fingerprint density at radius 3 is 2.76 bits per heavy atom. The van der Waals surface area contributed by atoms with Gasteiger partial charge < -0.3 is 10.0 Å². The van der Waals surface area contributed by atoms with Crippen LogP contribution in [0.1, 0.15) is 32.3 Å². The maximum Gasteiger partial charge on any atom is 0.129 e. The number of nitrogens with zero attached hydrogens (tertiary/aromatic N) is 2. The second-order valence-electron chi connectivity index (χ2n) is 4.98. The third kappa shape index (κ3) is 3.11. The fourth-order valence-electron chi connectivity index (χ4n) is 1.89. The van der Waals surface area contributed by atoms with Gasteiger partial charge in [0.1, 0.15) is 5.82 Å². The van der Waals surface area contributed by atoms with Crippen molar-refractivity contribution in [3.05, 3.63) is 22.8 Å². The third-order valence-electron chi connectivity index (χ3n) is 3.16. The summed E-state index contributed by atoms with van der Waals surface area (Å²) in [5, 5.41) is 9.76. The first-order chi connectivity index (χ1) is 8.11. The minimum absolute atomic E-state index is 0.0380. The number of halogens is 1. The van der Waals surface area contributed by atoms with E-state index in [4.69, 9.17) is 11.6 Å². The highest BCUT2D eigenvalue weighted by molar-refractivity contribution is 6.31. The van der Waals surface area contributed by atoms with E-state index in [1.807, 2.05) is 6.07 Å². The van der Waals surface area contributed by atoms with Crippen molar-refractivity contribution in [3.63, 3.8) is 0 Å². The predicted octanol–water partition coefficient (Wildman–Crippen LogP) is 2.85. The Bertz CT molecular complexity index is 391. The molecule has 2 rings (SSSR count). The Kier molecular flexibility index (Phi) is 3.89. The molecule has 1 heterocycles. The lowest BCUT2D eigenvalue weighted by molar-refractivity contribution is 0.282. The molecule has 0 spiro atoms. The van der Waals surface area contributed by atoms with Crippen LogP contribution in [0.3, 0.4) is 0 Å². The summed E-state index contributed by atoms with van der Waals surface area (Å²) < 4.78 is 0. The molecule has 1 N–H and O–H groups in total. The van der Waals surface area contributed by atoms with Crippen LogP contribution < -0.4 is 4.90 Å². The van der Waals surface area contributed by atoms with E-state index in [0.29, 0.717) is 11.1 Å². The number of aliphatic hydroxyl groups is 1. The van der Waals surface area contributed by atoms with Gasteiger partial charge in [-0.25, -0.2) is 4.98 Å². The van der Waals surface area contributed by atoms with Crippen molar-refractivity contribution in [2.45, 2.75) is 39.3 Å². The normalized spacial score (nSPS) is 15.4. The van der Waals surface area contributed by atoms with E-state index >= 15 is 0 Å². The average molecular weight is 255 g/mol. The largest absolute Gasteiger partial charge is 0.392 e. The first-order valence-corrected chi connectivity index (χ1v) is 6.51. The molecule has 1 saturated carbocycles. The lowest BCUT2D eigenvalue weighted by Gasteiger charge is -2.28. The Morgan fingerprint density at radius 2 is 2.24 bits per heavy atom. The van der Waals surface area contributed by atoms with Crippen LogP contribution in [0.2, 0.25) is 5.02 Å². The number of hydrogen-bond donors (Lipinski definition) is 1. The van der Waals surface area contributed by atoms with Gasteiger partial charge in [0.15, 0.2) is 0 Å². The smallest absolute Gasteiger partial charge is 0.129 e. The molecule has 1 aliphatic carbocycles. The molecule has 17 heavy (non-hydrogen) atoms. The molecule has 0 saturated heterocycles. The van der Waals surface area contributed by atoms with Crippen LogP contribution >= 0.6 is 11.6 Å². The number of anilines is 1. The van der Waals surface area contributed by atoms with E-state index in [2.05, 4.69) is 23.7 Å². The van der Waals surface area contributed by atoms with Crippen molar-refractivity contribution < 1.29 is 5.11 Å². The highest BCUT2D eigenvalue weighted by Crippen LogP contribution is 2.32. The van der Waals surface area contributed by atoms with Gasteiger partial charge in [-0.3, -0.25) is 0 Å². The topological polar surface area (TPSA) is 36.4 Å². The van der Waals surface area contributed by atoms with Crippen LogP contribution in [0.4, 0.5) is 5.82 Å². The zero-order valence-corrected chi connectivity index (χ0v) is 11.1. The van der Waals surface area contributed by atoms with Crippen LogP contribution in [0, 0.1) is 5.92 Å². The van der Waals surface area contributed by atoms with E-state index < -0.39 is 0 Å². The fraction of sp³-hybridized carbons (Fsp3) is 0.615. The first-order valence-electron chi connectivity index (χ1n) is 6.13. The summed E-state index contributed by atoms with van der Waals surface area (Å²) in [5.74, 6) is 1.73. The van der Waals surface area contributed by atoms with Crippen LogP contribution in [0.25, 0.3) is 0 Å². The second kappa shape index (κ2) is 5.23. The molecule has 0 aliphatic heterocycles. The van der Waals surface area contributed by atoms with Gasteiger partial charge in [-0.15, -0.1) is 0 Å². The van der Waals surface area contributed by atoms with E-state index in [0.717, 1.165) is 23.8 Å². The standard InChI is InChI=1S/C13H19ClN2O/c1-9(2)16(7-10-3-4-10)13-5-11(8-17)12(14)6-15-13/h5-6,9-10,17H,3-4,7-8H2,1-2H3. The van der Waals surface area contributed by atoms with Crippen molar-refractivity contribution in [2.75, 3.05) is 11.4 Å². The molecule has 4 heteroatoms. The number of aliphatic hydroxyl groups excluding tert-OH is 1. The lowest BCUT2D eigenvalue weighted by Crippen LogP contribution is -2.33. The van der Waals surface area contributed by atoms with Gasteiger partial charge in [0, 0.05) is 24.3 Å². The van der Waals surface area contributed by atoms with Gasteiger partial charge in [-0.05, 0) is 38.7 Å². The van der Waals surface area contributed by atoms with E-state index in [9.17, 15) is 5.11 Å². The minimum atomic E-state index is -0.0380. The zero-order chi connectivity index (χ0) is 12.4. The summed E-state index contributed by atoms with van der Waals surface area (Å²) >= 11 is 5.96. The van der Waals surface area contributed by atoms with E-state index in [-0.39, 0.29) is 6.61 Å². The lowest BCUT2D eigenvalue weighted by atomic mass is 10.2. The highest BCUT2D eigenvalue weighted by atomic mass is 35.5. The van der Waals surface area contributed by atoms with Gasteiger partial charge in [0.25, 0.3) is 0 Å². The summed E-state index contributed by atoms with van der Waals surface area (Å²) in [7, 11) is 0. The molecule has 1 aromatic heterocycles. The molecule has 0 radical (unpaired) electrons. The maximum absolute atomic E-state index is 9.23. The number of aromatic nitrogens is 1. The molecular weight excluding hydrogens is 236 g/mol. The van der Waals surface area contributed by atoms with Crippen molar-refractivity contribution in [1.29, 1.82) is 0 Å². The van der Waals surface area contributed by atoms with E-state index in [1.165, 1.54) is 12.8 Å². The highest BCUT2D eigenvalue weighted by Gasteiger charge is 2.26. The van der Waals surface area contributed by atoms with Crippen LogP contribution in [0.5, 0.6) is 0 Å². The molecule has 94 valence electrons. The summed E-state index contributed by atoms with van der Waals surface area (Å²) in [4.78, 5) is 6.66. The Balaban J connectivity index is 2.21.